The maximum atomic E-state index is 13.8. The first-order chi connectivity index (χ1) is 9.24. The van der Waals surface area contributed by atoms with E-state index in [4.69, 9.17) is 11.6 Å². The van der Waals surface area contributed by atoms with Gasteiger partial charge in [0.2, 0.25) is 0 Å². The summed E-state index contributed by atoms with van der Waals surface area (Å²) in [5, 5.41) is 2.98. The molecule has 19 heavy (non-hydrogen) atoms. The van der Waals surface area contributed by atoms with Crippen LogP contribution in [0.3, 0.4) is 0 Å². The molecule has 0 aliphatic rings. The summed E-state index contributed by atoms with van der Waals surface area (Å²) in [5.41, 5.74) is 2.37. The summed E-state index contributed by atoms with van der Waals surface area (Å²) in [7, 11) is 0. The van der Waals surface area contributed by atoms with Crippen LogP contribution in [0.15, 0.2) is 53.9 Å². The molecule has 4 heteroatoms. The van der Waals surface area contributed by atoms with Gasteiger partial charge in [-0.25, -0.2) is 9.37 Å². The number of aromatic nitrogens is 1. The summed E-state index contributed by atoms with van der Waals surface area (Å²) >= 11 is 7.17. The van der Waals surface area contributed by atoms with Gasteiger partial charge in [0, 0.05) is 21.5 Å². The van der Waals surface area contributed by atoms with Crippen molar-refractivity contribution >= 4 is 22.9 Å². The molecule has 0 saturated heterocycles. The zero-order valence-electron chi connectivity index (χ0n) is 9.81. The van der Waals surface area contributed by atoms with Gasteiger partial charge >= 0.3 is 0 Å². The van der Waals surface area contributed by atoms with Crippen molar-refractivity contribution < 1.29 is 4.39 Å². The molecule has 1 heterocycles. The van der Waals surface area contributed by atoms with Gasteiger partial charge in [-0.3, -0.25) is 0 Å². The molecule has 0 fully saturated rings. The highest BCUT2D eigenvalue weighted by Gasteiger charge is 2.10. The van der Waals surface area contributed by atoms with Gasteiger partial charge < -0.3 is 0 Å². The first-order valence-corrected chi connectivity index (χ1v) is 6.96. The minimum atomic E-state index is -0.346. The van der Waals surface area contributed by atoms with E-state index in [1.54, 1.807) is 12.1 Å². The van der Waals surface area contributed by atoms with Gasteiger partial charge in [-0.1, -0.05) is 41.9 Å². The van der Waals surface area contributed by atoms with E-state index in [0.717, 1.165) is 11.3 Å². The van der Waals surface area contributed by atoms with Crippen molar-refractivity contribution in [3.63, 3.8) is 0 Å². The second-order valence-electron chi connectivity index (χ2n) is 4.03. The van der Waals surface area contributed by atoms with Crippen LogP contribution in [0.1, 0.15) is 0 Å². The van der Waals surface area contributed by atoms with Crippen molar-refractivity contribution in [1.29, 1.82) is 0 Å². The van der Waals surface area contributed by atoms with Crippen LogP contribution in [0, 0.1) is 5.82 Å². The van der Waals surface area contributed by atoms with E-state index in [2.05, 4.69) is 4.98 Å². The molecule has 94 valence electrons. The van der Waals surface area contributed by atoms with Gasteiger partial charge in [-0.2, -0.15) is 0 Å². The molecule has 3 rings (SSSR count). The number of hydrogen-bond donors (Lipinski definition) is 0. The van der Waals surface area contributed by atoms with E-state index in [0.29, 0.717) is 15.6 Å². The second-order valence-corrected chi connectivity index (χ2v) is 5.32. The first-order valence-electron chi connectivity index (χ1n) is 5.70. The van der Waals surface area contributed by atoms with E-state index < -0.39 is 0 Å². The predicted molar refractivity (Wildman–Crippen MR) is 78.0 cm³/mol. The number of halogens is 2. The number of hydrogen-bond acceptors (Lipinski definition) is 2. The lowest BCUT2D eigenvalue weighted by Crippen LogP contribution is -1.84. The second kappa shape index (κ2) is 5.11. The average Bonchev–Trinajstić information content (AvgIpc) is 2.89. The first kappa shape index (κ1) is 12.3. The van der Waals surface area contributed by atoms with Crippen LogP contribution >= 0.6 is 22.9 Å². The Bertz CT molecular complexity index is 709. The van der Waals surface area contributed by atoms with Gasteiger partial charge in [0.05, 0.1) is 5.69 Å². The van der Waals surface area contributed by atoms with Gasteiger partial charge in [0.25, 0.3) is 0 Å². The van der Waals surface area contributed by atoms with Crippen molar-refractivity contribution in [3.8, 4) is 21.8 Å². The van der Waals surface area contributed by atoms with Gasteiger partial charge in [-0.15, -0.1) is 11.3 Å². The molecule has 0 N–H and O–H groups in total. The number of benzene rings is 2. The van der Waals surface area contributed by atoms with Gasteiger partial charge in [-0.05, 0) is 18.2 Å². The van der Waals surface area contributed by atoms with Crippen molar-refractivity contribution in [1.82, 2.24) is 4.98 Å². The van der Waals surface area contributed by atoms with Crippen LogP contribution in [0.5, 0.6) is 0 Å². The normalized spacial score (nSPS) is 10.6. The molecular weight excluding hydrogens is 281 g/mol. The summed E-state index contributed by atoms with van der Waals surface area (Å²) in [6.45, 7) is 0. The Morgan fingerprint density at radius 1 is 1.05 bits per heavy atom. The van der Waals surface area contributed by atoms with E-state index in [-0.39, 0.29) is 5.82 Å². The summed E-state index contributed by atoms with van der Waals surface area (Å²) in [5.74, 6) is -0.346. The number of nitrogens with zero attached hydrogens (tertiary/aromatic N) is 1. The summed E-state index contributed by atoms with van der Waals surface area (Å²) in [6, 6.07) is 14.5. The summed E-state index contributed by atoms with van der Waals surface area (Å²) in [6.07, 6.45) is 0. The zero-order valence-corrected chi connectivity index (χ0v) is 11.4. The Kier molecular flexibility index (Phi) is 3.32. The predicted octanol–water partition coefficient (Wildman–Crippen LogP) is 5.27. The molecule has 0 bridgehead atoms. The lowest BCUT2D eigenvalue weighted by Gasteiger charge is -1.99. The standard InChI is InChI=1S/C15H9ClFNS/c16-11-6-7-12(13(17)8-11)15-18-14(9-19-15)10-4-2-1-3-5-10/h1-9H. The molecule has 0 spiro atoms. The molecule has 0 unspecified atom stereocenters. The van der Waals surface area contributed by atoms with Crippen LogP contribution in [0.25, 0.3) is 21.8 Å². The average molecular weight is 290 g/mol. The summed E-state index contributed by atoms with van der Waals surface area (Å²) in [4.78, 5) is 4.48. The Hall–Kier alpha value is -1.71. The van der Waals surface area contributed by atoms with E-state index in [1.165, 1.54) is 17.4 Å². The van der Waals surface area contributed by atoms with Crippen molar-refractivity contribution in [2.24, 2.45) is 0 Å². The fraction of sp³-hybridized carbons (Fsp3) is 0. The topological polar surface area (TPSA) is 12.9 Å². The van der Waals surface area contributed by atoms with Gasteiger partial charge in [0.15, 0.2) is 0 Å². The van der Waals surface area contributed by atoms with E-state index >= 15 is 0 Å². The van der Waals surface area contributed by atoms with Crippen molar-refractivity contribution in [2.75, 3.05) is 0 Å². The zero-order chi connectivity index (χ0) is 13.2. The molecule has 0 aliphatic carbocycles. The molecule has 0 amide bonds. The van der Waals surface area contributed by atoms with Crippen molar-refractivity contribution in [3.05, 3.63) is 64.8 Å². The highest BCUT2D eigenvalue weighted by molar-refractivity contribution is 7.13. The quantitative estimate of drug-likeness (QED) is 0.626. The SMILES string of the molecule is Fc1cc(Cl)ccc1-c1nc(-c2ccccc2)cs1. The molecule has 2 aromatic carbocycles. The van der Waals surface area contributed by atoms with Crippen molar-refractivity contribution in [2.45, 2.75) is 0 Å². The monoisotopic (exact) mass is 289 g/mol. The minimum Gasteiger partial charge on any atom is -0.236 e. The maximum Gasteiger partial charge on any atom is 0.134 e. The molecule has 0 radical (unpaired) electrons. The van der Waals surface area contributed by atoms with Gasteiger partial charge in [0.1, 0.15) is 10.8 Å². The Morgan fingerprint density at radius 3 is 2.58 bits per heavy atom. The Labute approximate surface area is 119 Å². The van der Waals surface area contributed by atoms with E-state index in [9.17, 15) is 4.39 Å². The van der Waals surface area contributed by atoms with Crippen LogP contribution in [0.4, 0.5) is 4.39 Å². The summed E-state index contributed by atoms with van der Waals surface area (Å²) < 4.78 is 13.8. The fourth-order valence-corrected chi connectivity index (χ4v) is 2.82. The third-order valence-electron chi connectivity index (χ3n) is 2.74. The molecular formula is C15H9ClFNS. The highest BCUT2D eigenvalue weighted by Crippen LogP contribution is 2.31. The number of thiazole rings is 1. The largest absolute Gasteiger partial charge is 0.236 e. The van der Waals surface area contributed by atoms with E-state index in [1.807, 2.05) is 35.7 Å². The lowest BCUT2D eigenvalue weighted by molar-refractivity contribution is 0.631. The molecule has 1 nitrogen and oxygen atoms in total. The molecule has 0 atom stereocenters. The van der Waals surface area contributed by atoms with Crippen LogP contribution in [0.2, 0.25) is 5.02 Å². The Morgan fingerprint density at radius 2 is 1.84 bits per heavy atom. The highest BCUT2D eigenvalue weighted by atomic mass is 35.5. The van der Waals surface area contributed by atoms with Crippen LogP contribution in [-0.4, -0.2) is 4.98 Å². The Balaban J connectivity index is 2.02. The third-order valence-corrected chi connectivity index (χ3v) is 3.85. The maximum absolute atomic E-state index is 13.8. The minimum absolute atomic E-state index is 0.346. The van der Waals surface area contributed by atoms with Crippen LogP contribution < -0.4 is 0 Å². The number of rotatable bonds is 2. The molecule has 3 aromatic rings. The molecule has 0 aliphatic heterocycles. The van der Waals surface area contributed by atoms with Crippen LogP contribution in [-0.2, 0) is 0 Å². The molecule has 1 aromatic heterocycles. The lowest BCUT2D eigenvalue weighted by atomic mass is 10.2. The molecule has 0 saturated carbocycles. The smallest absolute Gasteiger partial charge is 0.134 e. The third kappa shape index (κ3) is 2.53. The fourth-order valence-electron chi connectivity index (χ4n) is 1.80.